The van der Waals surface area contributed by atoms with Crippen LogP contribution in [0.15, 0.2) is 11.8 Å². The van der Waals surface area contributed by atoms with Gasteiger partial charge in [-0.15, -0.1) is 10.2 Å². The average Bonchev–Trinajstić information content (AvgIpc) is 3.05. The van der Waals surface area contributed by atoms with Gasteiger partial charge in [0.2, 0.25) is 0 Å². The summed E-state index contributed by atoms with van der Waals surface area (Å²) in [7, 11) is -4.94. The van der Waals surface area contributed by atoms with Crippen LogP contribution in [0.2, 0.25) is 0 Å². The van der Waals surface area contributed by atoms with Gasteiger partial charge in [0.1, 0.15) is 0 Å². The zero-order valence-electron chi connectivity index (χ0n) is 12.7. The molecule has 23 heavy (non-hydrogen) atoms. The molecule has 2 aliphatic rings. The van der Waals surface area contributed by atoms with E-state index in [1.807, 2.05) is 64.2 Å². The maximum Gasteiger partial charge on any atom is 0.155 e. The van der Waals surface area contributed by atoms with Crippen molar-refractivity contribution in [2.75, 3.05) is 0 Å². The zero-order chi connectivity index (χ0) is 17.4. The van der Waals surface area contributed by atoms with Crippen LogP contribution in [-0.2, 0) is 26.5 Å². The molecule has 0 amide bonds. The molecule has 6 nitrogen and oxygen atoms in total. The molecule has 0 bridgehead atoms. The molecule has 0 spiro atoms. The van der Waals surface area contributed by atoms with Crippen molar-refractivity contribution in [2.45, 2.75) is 13.8 Å². The topological polar surface area (TPSA) is 130 Å². The molecule has 0 aromatic rings. The maximum absolute atomic E-state index is 10.0. The molecule has 0 atom stereocenters. The summed E-state index contributed by atoms with van der Waals surface area (Å²) in [5, 5.41) is 8.36. The van der Waals surface area contributed by atoms with Crippen molar-refractivity contribution in [3.8, 4) is 0 Å². The van der Waals surface area contributed by atoms with E-state index in [-0.39, 0.29) is 33.3 Å². The van der Waals surface area contributed by atoms with Gasteiger partial charge in [0.15, 0.2) is 5.78 Å². The monoisotopic (exact) mass is 377 g/mol. The molecular formula is C15H18ClO6Ti-. The van der Waals surface area contributed by atoms with Crippen LogP contribution in [0.25, 0.3) is 0 Å². The molecule has 0 aromatic heterocycles. The largest absolute Gasteiger partial charge is 0.512 e. The summed E-state index contributed by atoms with van der Waals surface area (Å²) < 4.78 is 34.0. The molecule has 10 radical (unpaired) electrons. The molecule has 0 aliphatic heterocycles. The van der Waals surface area contributed by atoms with Crippen LogP contribution in [0.1, 0.15) is 13.8 Å². The Morgan fingerprint density at radius 2 is 0.957 bits per heavy atom. The van der Waals surface area contributed by atoms with Gasteiger partial charge in [-0.05, 0) is 78.1 Å². The number of aliphatic hydroxyl groups excluding tert-OH is 1. The predicted molar refractivity (Wildman–Crippen MR) is 70.1 cm³/mol. The first-order valence-corrected chi connectivity index (χ1v) is 7.19. The SMILES string of the molecule is CC(=O)/C=C(/C)O.[CH]1[CH][CH][CH][CH]1.[CH]1[CH][CH][CH][CH]1.[O-][Cl+3]([O-])([O-])[O-].[Ti]. The van der Waals surface area contributed by atoms with E-state index in [1.165, 1.54) is 19.9 Å². The summed E-state index contributed by atoms with van der Waals surface area (Å²) in [5.74, 6) is -0.0625. The molecule has 2 fully saturated rings. The Hall–Kier alpha value is 0.0543. The first-order valence-electron chi connectivity index (χ1n) is 5.96. The summed E-state index contributed by atoms with van der Waals surface area (Å²) in [6.07, 6.45) is 21.2. The molecule has 2 aliphatic carbocycles. The molecular weight excluding hydrogens is 359 g/mol. The van der Waals surface area contributed by atoms with Gasteiger partial charge in [-0.1, -0.05) is 0 Å². The van der Waals surface area contributed by atoms with E-state index in [9.17, 15) is 4.79 Å². The Kier molecular flexibility index (Phi) is 22.3. The second-order valence-corrected chi connectivity index (χ2v) is 4.45. The second kappa shape index (κ2) is 18.4. The van der Waals surface area contributed by atoms with Crippen molar-refractivity contribution in [2.24, 2.45) is 0 Å². The van der Waals surface area contributed by atoms with Crippen LogP contribution >= 0.6 is 0 Å². The summed E-state index contributed by atoms with van der Waals surface area (Å²) in [5.41, 5.74) is 0. The van der Waals surface area contributed by atoms with Crippen molar-refractivity contribution in [3.63, 3.8) is 0 Å². The van der Waals surface area contributed by atoms with Gasteiger partial charge >= 0.3 is 0 Å². The molecule has 2 rings (SSSR count). The minimum atomic E-state index is -4.94. The smallest absolute Gasteiger partial charge is 0.155 e. The molecule has 0 aromatic carbocycles. The first-order chi connectivity index (χ1) is 10.1. The number of halogens is 1. The van der Waals surface area contributed by atoms with Crippen molar-refractivity contribution >= 4 is 5.78 Å². The Morgan fingerprint density at radius 3 is 1.00 bits per heavy atom. The zero-order valence-corrected chi connectivity index (χ0v) is 15.0. The van der Waals surface area contributed by atoms with Crippen molar-refractivity contribution in [3.05, 3.63) is 76.0 Å². The molecule has 8 heteroatoms. The van der Waals surface area contributed by atoms with Gasteiger partial charge < -0.3 is 5.11 Å². The quantitative estimate of drug-likeness (QED) is 0.330. The number of carbonyl (C=O) groups excluding carboxylic acids is 1. The van der Waals surface area contributed by atoms with Crippen LogP contribution in [0, 0.1) is 74.5 Å². The fourth-order valence-electron chi connectivity index (χ4n) is 0.936. The number of hydrogen-bond acceptors (Lipinski definition) is 6. The summed E-state index contributed by atoms with van der Waals surface area (Å²) >= 11 is 0. The third kappa shape index (κ3) is 44.9. The van der Waals surface area contributed by atoms with Gasteiger partial charge in [-0.25, -0.2) is 18.6 Å². The van der Waals surface area contributed by atoms with E-state index in [0.717, 1.165) is 0 Å². The fourth-order valence-corrected chi connectivity index (χ4v) is 0.936. The summed E-state index contributed by atoms with van der Waals surface area (Å²) in [4.78, 5) is 10.0. The van der Waals surface area contributed by atoms with Gasteiger partial charge in [0.25, 0.3) is 0 Å². The predicted octanol–water partition coefficient (Wildman–Crippen LogP) is -1.68. The minimum Gasteiger partial charge on any atom is -0.512 e. The van der Waals surface area contributed by atoms with Crippen LogP contribution in [0.4, 0.5) is 0 Å². The number of carbonyl (C=O) groups is 1. The van der Waals surface area contributed by atoms with Crippen LogP contribution in [0.5, 0.6) is 0 Å². The van der Waals surface area contributed by atoms with E-state index in [1.54, 1.807) is 0 Å². The first kappa shape index (κ1) is 27.9. The number of rotatable bonds is 1. The van der Waals surface area contributed by atoms with Crippen LogP contribution in [-0.4, -0.2) is 10.9 Å². The van der Waals surface area contributed by atoms with E-state index in [2.05, 4.69) is 0 Å². The number of aliphatic hydroxyl groups is 1. The van der Waals surface area contributed by atoms with E-state index < -0.39 is 10.2 Å². The Labute approximate surface area is 156 Å². The maximum atomic E-state index is 10.0. The van der Waals surface area contributed by atoms with Crippen LogP contribution in [0.3, 0.4) is 0 Å². The van der Waals surface area contributed by atoms with Crippen molar-refractivity contribution < 1.29 is 60.5 Å². The van der Waals surface area contributed by atoms with Gasteiger partial charge in [-0.2, -0.15) is 0 Å². The molecule has 0 heterocycles. The standard InChI is InChI=1S/C5H8O2.2C5H5.ClHO4.Ti/c1-4(6)3-5(2)7;2*1-2-4-5-3-1;2-1(3,4)5;/h3,6H,1-2H3;2*1-5H;(H,2,3,4,5);/p-1/b4-3-;;;;. The summed E-state index contributed by atoms with van der Waals surface area (Å²) in [6, 6.07) is 0. The summed E-state index contributed by atoms with van der Waals surface area (Å²) in [6.45, 7) is 2.85. The molecule has 1 N–H and O–H groups in total. The number of hydrogen-bond donors (Lipinski definition) is 1. The van der Waals surface area contributed by atoms with Gasteiger partial charge in [0.05, 0.1) is 5.76 Å². The molecule has 0 unspecified atom stereocenters. The Balaban J connectivity index is -0.000000231. The molecule has 0 saturated heterocycles. The average molecular weight is 378 g/mol. The van der Waals surface area contributed by atoms with Gasteiger partial charge in [0, 0.05) is 27.8 Å². The molecule has 126 valence electrons. The number of ketones is 1. The van der Waals surface area contributed by atoms with E-state index >= 15 is 0 Å². The molecule has 2 saturated carbocycles. The normalized spacial score (nSPS) is 16.5. The van der Waals surface area contributed by atoms with Gasteiger partial charge in [-0.3, -0.25) is 4.79 Å². The Bertz CT molecular complexity index is 262. The fraction of sp³-hybridized carbons (Fsp3) is 0.133. The van der Waals surface area contributed by atoms with Crippen LogP contribution < -0.4 is 18.6 Å². The Morgan fingerprint density at radius 1 is 0.783 bits per heavy atom. The second-order valence-electron chi connectivity index (χ2n) is 3.70. The number of allylic oxidation sites excluding steroid dienone is 2. The van der Waals surface area contributed by atoms with Crippen molar-refractivity contribution in [1.29, 1.82) is 0 Å². The third-order valence-electron chi connectivity index (χ3n) is 1.52. The van der Waals surface area contributed by atoms with E-state index in [4.69, 9.17) is 23.7 Å². The van der Waals surface area contributed by atoms with Crippen molar-refractivity contribution in [1.82, 2.24) is 0 Å². The van der Waals surface area contributed by atoms with E-state index in [0.29, 0.717) is 0 Å². The third-order valence-corrected chi connectivity index (χ3v) is 1.52. The minimum absolute atomic E-state index is 0.